The molecule has 1 amide bonds. The lowest BCUT2D eigenvalue weighted by Crippen LogP contribution is -2.26. The molecular formula is C16H29NO. The zero-order chi connectivity index (χ0) is 13.2. The molecule has 0 aliphatic carbocycles. The summed E-state index contributed by atoms with van der Waals surface area (Å²) in [6, 6.07) is 0. The van der Waals surface area contributed by atoms with E-state index in [2.05, 4.69) is 13.5 Å². The molecule has 1 rings (SSSR count). The van der Waals surface area contributed by atoms with Crippen LogP contribution in [0.15, 0.2) is 12.2 Å². The normalized spacial score (nSPS) is 15.4. The van der Waals surface area contributed by atoms with Crippen molar-refractivity contribution in [2.75, 3.05) is 13.1 Å². The van der Waals surface area contributed by atoms with Gasteiger partial charge >= 0.3 is 0 Å². The molecule has 1 fully saturated rings. The second-order valence-electron chi connectivity index (χ2n) is 5.54. The number of amides is 1. The molecule has 0 aromatic heterocycles. The van der Waals surface area contributed by atoms with Gasteiger partial charge in [0.1, 0.15) is 0 Å². The van der Waals surface area contributed by atoms with E-state index in [9.17, 15) is 4.79 Å². The molecule has 18 heavy (non-hydrogen) atoms. The summed E-state index contributed by atoms with van der Waals surface area (Å²) in [5, 5.41) is 0. The molecule has 1 aliphatic heterocycles. The van der Waals surface area contributed by atoms with E-state index >= 15 is 0 Å². The van der Waals surface area contributed by atoms with E-state index in [0.717, 1.165) is 32.4 Å². The standard InChI is InChI=1S/C16H29NO/c1-3-4-5-6-7-8-9-11-15(2)14-17-13-10-12-16(17)18/h2-14H2,1H3. The molecule has 1 aliphatic rings. The Labute approximate surface area is 112 Å². The average molecular weight is 251 g/mol. The smallest absolute Gasteiger partial charge is 0.222 e. The summed E-state index contributed by atoms with van der Waals surface area (Å²) in [5.74, 6) is 0.315. The lowest BCUT2D eigenvalue weighted by molar-refractivity contribution is -0.127. The topological polar surface area (TPSA) is 20.3 Å². The fourth-order valence-corrected chi connectivity index (χ4v) is 2.55. The Morgan fingerprint density at radius 3 is 2.44 bits per heavy atom. The molecule has 2 heteroatoms. The minimum Gasteiger partial charge on any atom is -0.339 e. The van der Waals surface area contributed by atoms with Gasteiger partial charge in [0.05, 0.1) is 0 Å². The first kappa shape index (κ1) is 15.3. The van der Waals surface area contributed by atoms with Crippen molar-refractivity contribution >= 4 is 5.91 Å². The summed E-state index contributed by atoms with van der Waals surface area (Å²) in [6.07, 6.45) is 12.3. The van der Waals surface area contributed by atoms with Crippen LogP contribution in [-0.4, -0.2) is 23.9 Å². The van der Waals surface area contributed by atoms with Gasteiger partial charge in [-0.2, -0.15) is 0 Å². The van der Waals surface area contributed by atoms with Gasteiger partial charge in [0, 0.05) is 19.5 Å². The first-order chi connectivity index (χ1) is 8.74. The third kappa shape index (κ3) is 6.23. The fraction of sp³-hybridized carbons (Fsp3) is 0.812. The van der Waals surface area contributed by atoms with Crippen molar-refractivity contribution in [2.45, 2.75) is 71.1 Å². The van der Waals surface area contributed by atoms with Crippen molar-refractivity contribution < 1.29 is 4.79 Å². The maximum atomic E-state index is 11.5. The van der Waals surface area contributed by atoms with Crippen LogP contribution in [0.1, 0.15) is 71.1 Å². The highest BCUT2D eigenvalue weighted by molar-refractivity contribution is 5.78. The third-order valence-corrected chi connectivity index (χ3v) is 3.72. The van der Waals surface area contributed by atoms with Crippen LogP contribution in [0.4, 0.5) is 0 Å². The molecule has 0 bridgehead atoms. The van der Waals surface area contributed by atoms with Gasteiger partial charge in [-0.3, -0.25) is 4.79 Å². The highest BCUT2D eigenvalue weighted by Crippen LogP contribution is 2.15. The van der Waals surface area contributed by atoms with Gasteiger partial charge in [0.15, 0.2) is 0 Å². The van der Waals surface area contributed by atoms with Crippen molar-refractivity contribution in [1.29, 1.82) is 0 Å². The van der Waals surface area contributed by atoms with Gasteiger partial charge in [0.25, 0.3) is 0 Å². The zero-order valence-electron chi connectivity index (χ0n) is 12.0. The first-order valence-corrected chi connectivity index (χ1v) is 7.68. The SMILES string of the molecule is C=C(CCCCCCCCC)CN1CCCC1=O. The van der Waals surface area contributed by atoms with Crippen LogP contribution in [0.5, 0.6) is 0 Å². The van der Waals surface area contributed by atoms with E-state index < -0.39 is 0 Å². The molecular weight excluding hydrogens is 222 g/mol. The van der Waals surface area contributed by atoms with Gasteiger partial charge in [-0.25, -0.2) is 0 Å². The van der Waals surface area contributed by atoms with E-state index in [4.69, 9.17) is 0 Å². The number of nitrogens with zero attached hydrogens (tertiary/aromatic N) is 1. The second-order valence-corrected chi connectivity index (χ2v) is 5.54. The lowest BCUT2D eigenvalue weighted by Gasteiger charge is -2.17. The Kier molecular flexibility index (Phi) is 7.79. The van der Waals surface area contributed by atoms with Gasteiger partial charge in [-0.15, -0.1) is 0 Å². The maximum absolute atomic E-state index is 11.5. The van der Waals surface area contributed by atoms with Gasteiger partial charge < -0.3 is 4.90 Å². The van der Waals surface area contributed by atoms with Crippen molar-refractivity contribution in [3.05, 3.63) is 12.2 Å². The summed E-state index contributed by atoms with van der Waals surface area (Å²) in [7, 11) is 0. The average Bonchev–Trinajstić information content (AvgIpc) is 2.74. The molecule has 2 nitrogen and oxygen atoms in total. The maximum Gasteiger partial charge on any atom is 0.222 e. The molecule has 0 N–H and O–H groups in total. The molecule has 104 valence electrons. The molecule has 0 saturated carbocycles. The third-order valence-electron chi connectivity index (χ3n) is 3.72. The van der Waals surface area contributed by atoms with Crippen LogP contribution in [0.3, 0.4) is 0 Å². The number of likely N-dealkylation sites (tertiary alicyclic amines) is 1. The summed E-state index contributed by atoms with van der Waals surface area (Å²) in [6.45, 7) is 8.10. The minimum absolute atomic E-state index is 0.315. The van der Waals surface area contributed by atoms with E-state index in [-0.39, 0.29) is 0 Å². The van der Waals surface area contributed by atoms with Crippen LogP contribution < -0.4 is 0 Å². The van der Waals surface area contributed by atoms with Crippen LogP contribution in [0.25, 0.3) is 0 Å². The van der Waals surface area contributed by atoms with Crippen molar-refractivity contribution in [3.63, 3.8) is 0 Å². The lowest BCUT2D eigenvalue weighted by atomic mass is 10.1. The van der Waals surface area contributed by atoms with E-state index in [1.165, 1.54) is 50.5 Å². The molecule has 0 radical (unpaired) electrons. The quantitative estimate of drug-likeness (QED) is 0.418. The number of hydrogen-bond acceptors (Lipinski definition) is 1. The summed E-state index contributed by atoms with van der Waals surface area (Å²) in [5.41, 5.74) is 1.24. The Balaban J connectivity index is 1.95. The molecule has 0 unspecified atom stereocenters. The summed E-state index contributed by atoms with van der Waals surface area (Å²) in [4.78, 5) is 13.4. The van der Waals surface area contributed by atoms with E-state index in [1.807, 2.05) is 4.90 Å². The van der Waals surface area contributed by atoms with Crippen LogP contribution in [-0.2, 0) is 4.79 Å². The minimum atomic E-state index is 0.315. The fourth-order valence-electron chi connectivity index (χ4n) is 2.55. The number of unbranched alkanes of at least 4 members (excludes halogenated alkanes) is 6. The van der Waals surface area contributed by atoms with Crippen LogP contribution >= 0.6 is 0 Å². The van der Waals surface area contributed by atoms with E-state index in [0.29, 0.717) is 5.91 Å². The largest absolute Gasteiger partial charge is 0.339 e. The number of rotatable bonds is 10. The van der Waals surface area contributed by atoms with Crippen LogP contribution in [0, 0.1) is 0 Å². The highest BCUT2D eigenvalue weighted by atomic mass is 16.2. The van der Waals surface area contributed by atoms with Gasteiger partial charge in [-0.1, -0.05) is 57.6 Å². The first-order valence-electron chi connectivity index (χ1n) is 7.68. The summed E-state index contributed by atoms with van der Waals surface area (Å²) < 4.78 is 0. The summed E-state index contributed by atoms with van der Waals surface area (Å²) >= 11 is 0. The van der Waals surface area contributed by atoms with Gasteiger partial charge in [0.2, 0.25) is 5.91 Å². The molecule has 1 saturated heterocycles. The predicted octanol–water partition coefficient (Wildman–Crippen LogP) is 4.31. The molecule has 0 aromatic carbocycles. The Morgan fingerprint density at radius 2 is 1.83 bits per heavy atom. The Bertz CT molecular complexity index is 260. The van der Waals surface area contributed by atoms with Gasteiger partial charge in [-0.05, 0) is 19.3 Å². The molecule has 1 heterocycles. The molecule has 0 aromatic rings. The molecule has 0 spiro atoms. The number of hydrogen-bond donors (Lipinski definition) is 0. The highest BCUT2D eigenvalue weighted by Gasteiger charge is 2.19. The van der Waals surface area contributed by atoms with E-state index in [1.54, 1.807) is 0 Å². The predicted molar refractivity (Wildman–Crippen MR) is 77.6 cm³/mol. The zero-order valence-corrected chi connectivity index (χ0v) is 12.0. The monoisotopic (exact) mass is 251 g/mol. The number of carbonyl (C=O) groups is 1. The Morgan fingerprint density at radius 1 is 1.17 bits per heavy atom. The van der Waals surface area contributed by atoms with Crippen molar-refractivity contribution in [3.8, 4) is 0 Å². The van der Waals surface area contributed by atoms with Crippen LogP contribution in [0.2, 0.25) is 0 Å². The van der Waals surface area contributed by atoms with Crippen molar-refractivity contribution in [2.24, 2.45) is 0 Å². The molecule has 0 atom stereocenters. The Hall–Kier alpha value is -0.790. The number of carbonyl (C=O) groups excluding carboxylic acids is 1. The second kappa shape index (κ2) is 9.18. The van der Waals surface area contributed by atoms with Crippen molar-refractivity contribution in [1.82, 2.24) is 4.90 Å².